The minimum Gasteiger partial charge on any atom is -0.493 e. The number of hydrogen-bond donors (Lipinski definition) is 3. The molecule has 200 valence electrons. The van der Waals surface area contributed by atoms with Crippen molar-refractivity contribution in [1.82, 2.24) is 10.7 Å². The second-order valence-electron chi connectivity index (χ2n) is 8.39. The van der Waals surface area contributed by atoms with Crippen LogP contribution in [0.4, 0.5) is 0 Å². The monoisotopic (exact) mass is 552 g/mol. The van der Waals surface area contributed by atoms with Crippen LogP contribution in [0.5, 0.6) is 17.2 Å². The first-order valence-electron chi connectivity index (χ1n) is 11.3. The van der Waals surface area contributed by atoms with Crippen molar-refractivity contribution in [2.75, 3.05) is 13.7 Å². The Hall–Kier alpha value is -3.50. The molecule has 2 aromatic carbocycles. The number of carbonyl (C=O) groups is 3. The predicted octanol–water partition coefficient (Wildman–Crippen LogP) is 3.31. The summed E-state index contributed by atoms with van der Waals surface area (Å²) in [5.41, 5.74) is 8.03. The lowest BCUT2D eigenvalue weighted by Crippen LogP contribution is -2.49. The maximum absolute atomic E-state index is 12.9. The summed E-state index contributed by atoms with van der Waals surface area (Å²) in [6.07, 6.45) is 0.749. The fourth-order valence-corrected chi connectivity index (χ4v) is 3.60. The molecule has 0 spiro atoms. The van der Waals surface area contributed by atoms with E-state index >= 15 is 0 Å². The van der Waals surface area contributed by atoms with Crippen LogP contribution < -0.4 is 30.7 Å². The molecule has 0 aliphatic heterocycles. The number of carbonyl (C=O) groups excluding carboxylic acids is 3. The zero-order valence-electron chi connectivity index (χ0n) is 20.9. The van der Waals surface area contributed by atoms with Crippen molar-refractivity contribution in [2.45, 2.75) is 39.3 Å². The number of primary amides is 1. The van der Waals surface area contributed by atoms with Crippen LogP contribution in [-0.4, -0.2) is 49.8 Å². The van der Waals surface area contributed by atoms with Crippen LogP contribution in [0, 0.1) is 5.92 Å². The minimum atomic E-state index is -0.939. The van der Waals surface area contributed by atoms with Crippen LogP contribution >= 0.6 is 23.2 Å². The molecule has 2 aromatic rings. The molecule has 3 amide bonds. The number of benzene rings is 2. The molecule has 0 radical (unpaired) electrons. The van der Waals surface area contributed by atoms with Gasteiger partial charge in [0.25, 0.3) is 17.7 Å². The first-order chi connectivity index (χ1) is 17.5. The summed E-state index contributed by atoms with van der Waals surface area (Å²) in [5, 5.41) is 7.37. The van der Waals surface area contributed by atoms with Gasteiger partial charge in [-0.2, -0.15) is 5.10 Å². The second kappa shape index (κ2) is 14.3. The van der Waals surface area contributed by atoms with Gasteiger partial charge in [-0.1, -0.05) is 43.1 Å². The number of nitrogens with two attached hydrogens (primary N) is 1. The van der Waals surface area contributed by atoms with Gasteiger partial charge < -0.3 is 25.3 Å². The number of rotatable bonds is 13. The van der Waals surface area contributed by atoms with Gasteiger partial charge in [0.05, 0.1) is 18.3 Å². The second-order valence-corrected chi connectivity index (χ2v) is 9.24. The van der Waals surface area contributed by atoms with Gasteiger partial charge in [-0.25, -0.2) is 5.43 Å². The predicted molar refractivity (Wildman–Crippen MR) is 141 cm³/mol. The van der Waals surface area contributed by atoms with Gasteiger partial charge in [-0.05, 0) is 49.6 Å². The highest BCUT2D eigenvalue weighted by Gasteiger charge is 2.25. The van der Waals surface area contributed by atoms with Crippen LogP contribution in [0.1, 0.15) is 32.8 Å². The molecule has 0 fully saturated rings. The third kappa shape index (κ3) is 9.47. The summed E-state index contributed by atoms with van der Waals surface area (Å²) in [5.74, 6) is -0.726. The quantitative estimate of drug-likeness (QED) is 0.257. The van der Waals surface area contributed by atoms with Gasteiger partial charge in [-0.15, -0.1) is 0 Å². The van der Waals surface area contributed by atoms with Crippen molar-refractivity contribution < 1.29 is 28.6 Å². The molecule has 0 bridgehead atoms. The van der Waals surface area contributed by atoms with Crippen molar-refractivity contribution in [1.29, 1.82) is 0 Å². The smallest absolute Gasteiger partial charge is 0.262 e. The topological polar surface area (TPSA) is 141 Å². The molecule has 12 heteroatoms. The molecule has 37 heavy (non-hydrogen) atoms. The molecule has 0 aromatic heterocycles. The molecular weight excluding hydrogens is 523 g/mol. The lowest BCUT2D eigenvalue weighted by Gasteiger charge is -2.22. The van der Waals surface area contributed by atoms with Crippen LogP contribution in [-0.2, 0) is 14.4 Å². The molecule has 0 unspecified atom stereocenters. The highest BCUT2D eigenvalue weighted by atomic mass is 35.5. The van der Waals surface area contributed by atoms with E-state index in [2.05, 4.69) is 15.8 Å². The van der Waals surface area contributed by atoms with E-state index in [-0.39, 0.29) is 29.0 Å². The van der Waals surface area contributed by atoms with E-state index < -0.39 is 29.9 Å². The lowest BCUT2D eigenvalue weighted by atomic mass is 10.0. The van der Waals surface area contributed by atoms with E-state index in [1.54, 1.807) is 37.3 Å². The van der Waals surface area contributed by atoms with Crippen LogP contribution in [0.2, 0.25) is 10.0 Å². The number of methoxy groups -OCH3 is 1. The molecule has 4 N–H and O–H groups in total. The Balaban J connectivity index is 2.09. The number of halogens is 2. The average Bonchev–Trinajstić information content (AvgIpc) is 2.83. The Bertz CT molecular complexity index is 1140. The molecule has 0 aliphatic carbocycles. The number of amides is 3. The van der Waals surface area contributed by atoms with Gasteiger partial charge in [0.15, 0.2) is 24.2 Å². The number of hydrogen-bond acceptors (Lipinski definition) is 7. The zero-order valence-corrected chi connectivity index (χ0v) is 22.4. The van der Waals surface area contributed by atoms with E-state index in [4.69, 9.17) is 43.1 Å². The number of hydrazone groups is 1. The largest absolute Gasteiger partial charge is 0.493 e. The highest BCUT2D eigenvalue weighted by molar-refractivity contribution is 6.35. The average molecular weight is 553 g/mol. The van der Waals surface area contributed by atoms with Crippen molar-refractivity contribution in [3.8, 4) is 17.2 Å². The fourth-order valence-electron chi connectivity index (χ4n) is 3.14. The Morgan fingerprint density at radius 2 is 1.81 bits per heavy atom. The minimum absolute atomic E-state index is 0.0918. The van der Waals surface area contributed by atoms with Crippen molar-refractivity contribution >= 4 is 47.1 Å². The molecule has 2 atom stereocenters. The lowest BCUT2D eigenvalue weighted by molar-refractivity contribution is -0.132. The third-order valence-electron chi connectivity index (χ3n) is 4.87. The van der Waals surface area contributed by atoms with E-state index in [0.717, 1.165) is 0 Å². The molecule has 2 rings (SSSR count). The molecule has 0 saturated carbocycles. The van der Waals surface area contributed by atoms with Crippen molar-refractivity contribution in [2.24, 2.45) is 16.8 Å². The molecule has 0 heterocycles. The van der Waals surface area contributed by atoms with Crippen LogP contribution in [0.3, 0.4) is 0 Å². The number of para-hydroxylation sites is 1. The Morgan fingerprint density at radius 1 is 1.08 bits per heavy atom. The maximum Gasteiger partial charge on any atom is 0.262 e. The Labute approximate surface area is 225 Å². The fraction of sp³-hybridized carbons (Fsp3) is 0.360. The first kappa shape index (κ1) is 29.7. The van der Waals surface area contributed by atoms with Crippen molar-refractivity contribution in [3.05, 3.63) is 52.0 Å². The molecule has 0 saturated heterocycles. The first-order valence-corrected chi connectivity index (χ1v) is 12.1. The standard InChI is InChI=1S/C25H30Cl2N4O6/c1-14(2)10-19(30-24(33)15(3)37-20-9-8-17(26)11-18(20)27)25(34)31-29-12-16-6-5-7-21(35-4)23(16)36-13-22(28)32/h5-9,11-12,14-15,19H,10,13H2,1-4H3,(H2,28,32)(H,30,33)(H,31,34)/b29-12-/t15-,19-/m0/s1. The van der Waals surface area contributed by atoms with Crippen LogP contribution in [0.25, 0.3) is 0 Å². The van der Waals surface area contributed by atoms with Crippen molar-refractivity contribution in [3.63, 3.8) is 0 Å². The summed E-state index contributed by atoms with van der Waals surface area (Å²) < 4.78 is 16.3. The van der Waals surface area contributed by atoms with E-state index in [0.29, 0.717) is 22.8 Å². The SMILES string of the molecule is COc1cccc(/C=N\NC(=O)[C@H](CC(C)C)NC(=O)[C@H](C)Oc2ccc(Cl)cc2Cl)c1OCC(N)=O. The number of nitrogens with zero attached hydrogens (tertiary/aromatic N) is 1. The summed E-state index contributed by atoms with van der Waals surface area (Å²) in [4.78, 5) is 36.8. The van der Waals surface area contributed by atoms with Gasteiger partial charge in [0.2, 0.25) is 0 Å². The number of nitrogens with one attached hydrogen (secondary N) is 2. The third-order valence-corrected chi connectivity index (χ3v) is 5.40. The number of ether oxygens (including phenoxy) is 3. The summed E-state index contributed by atoms with van der Waals surface area (Å²) in [7, 11) is 1.44. The normalized spacial score (nSPS) is 12.6. The van der Waals surface area contributed by atoms with E-state index in [1.165, 1.54) is 19.4 Å². The summed E-state index contributed by atoms with van der Waals surface area (Å²) in [6, 6.07) is 8.75. The Morgan fingerprint density at radius 3 is 2.43 bits per heavy atom. The highest BCUT2D eigenvalue weighted by Crippen LogP contribution is 2.30. The molecular formula is C25H30Cl2N4O6. The van der Waals surface area contributed by atoms with Gasteiger partial charge in [0.1, 0.15) is 11.8 Å². The van der Waals surface area contributed by atoms with Gasteiger partial charge in [0, 0.05) is 10.6 Å². The zero-order chi connectivity index (χ0) is 27.5. The summed E-state index contributed by atoms with van der Waals surface area (Å²) in [6.45, 7) is 5.01. The van der Waals surface area contributed by atoms with E-state index in [9.17, 15) is 14.4 Å². The Kier molecular flexibility index (Phi) is 11.5. The molecule has 10 nitrogen and oxygen atoms in total. The molecule has 0 aliphatic rings. The van der Waals surface area contributed by atoms with Gasteiger partial charge in [-0.3, -0.25) is 14.4 Å². The van der Waals surface area contributed by atoms with E-state index in [1.807, 2.05) is 13.8 Å². The van der Waals surface area contributed by atoms with Gasteiger partial charge >= 0.3 is 0 Å². The van der Waals surface area contributed by atoms with Crippen LogP contribution in [0.15, 0.2) is 41.5 Å². The summed E-state index contributed by atoms with van der Waals surface area (Å²) >= 11 is 12.0. The maximum atomic E-state index is 12.9.